The smallest absolute Gasteiger partial charge is 0.241 e. The highest BCUT2D eigenvalue weighted by atomic mass is 16.2. The van der Waals surface area contributed by atoms with Gasteiger partial charge in [0.15, 0.2) is 0 Å². The molecular weight excluding hydrogens is 254 g/mol. The van der Waals surface area contributed by atoms with E-state index in [1.807, 2.05) is 12.1 Å². The van der Waals surface area contributed by atoms with E-state index in [0.29, 0.717) is 13.0 Å². The highest BCUT2D eigenvalue weighted by molar-refractivity contribution is 5.87. The average molecular weight is 275 g/mol. The highest BCUT2D eigenvalue weighted by Gasteiger charge is 2.27. The van der Waals surface area contributed by atoms with Gasteiger partial charge in [0.1, 0.15) is 0 Å². The Morgan fingerprint density at radius 1 is 1.20 bits per heavy atom. The van der Waals surface area contributed by atoms with Crippen LogP contribution < -0.4 is 5.32 Å². The zero-order chi connectivity index (χ0) is 14.7. The molecule has 1 aromatic rings. The van der Waals surface area contributed by atoms with Gasteiger partial charge in [-0.25, -0.2) is 0 Å². The second-order valence-corrected chi connectivity index (χ2v) is 5.39. The van der Waals surface area contributed by atoms with Crippen molar-refractivity contribution in [1.82, 2.24) is 15.1 Å². The Hall–Kier alpha value is -1.88. The summed E-state index contributed by atoms with van der Waals surface area (Å²) < 4.78 is 0. The number of amides is 2. The number of likely N-dealkylation sites (N-methyl/N-ethyl adjacent to an activating group) is 2. The maximum atomic E-state index is 12.4. The van der Waals surface area contributed by atoms with Gasteiger partial charge in [0, 0.05) is 27.7 Å². The molecule has 1 N–H and O–H groups in total. The second kappa shape index (κ2) is 6.05. The Balaban J connectivity index is 1.99. The van der Waals surface area contributed by atoms with E-state index >= 15 is 0 Å². The number of hydrogen-bond acceptors (Lipinski definition) is 3. The molecule has 2 rings (SSSR count). The molecule has 0 aliphatic carbocycles. The van der Waals surface area contributed by atoms with Crippen molar-refractivity contribution in [3.05, 3.63) is 35.4 Å². The molecule has 1 aliphatic heterocycles. The summed E-state index contributed by atoms with van der Waals surface area (Å²) >= 11 is 0. The fourth-order valence-corrected chi connectivity index (χ4v) is 2.32. The maximum absolute atomic E-state index is 12.4. The Morgan fingerprint density at radius 3 is 2.50 bits per heavy atom. The van der Waals surface area contributed by atoms with Crippen molar-refractivity contribution in [2.45, 2.75) is 19.0 Å². The minimum absolute atomic E-state index is 0.0327. The van der Waals surface area contributed by atoms with Crippen LogP contribution >= 0.6 is 0 Å². The molecule has 1 atom stereocenters. The van der Waals surface area contributed by atoms with Crippen LogP contribution in [0.4, 0.5) is 0 Å². The first-order valence-corrected chi connectivity index (χ1v) is 6.74. The van der Waals surface area contributed by atoms with Gasteiger partial charge in [-0.05, 0) is 17.5 Å². The van der Waals surface area contributed by atoms with E-state index in [4.69, 9.17) is 0 Å². The molecule has 108 valence electrons. The van der Waals surface area contributed by atoms with Crippen LogP contribution in [0.5, 0.6) is 0 Å². The number of hydrogen-bond donors (Lipinski definition) is 1. The molecule has 1 heterocycles. The van der Waals surface area contributed by atoms with Crippen LogP contribution in [0.25, 0.3) is 0 Å². The molecule has 0 spiro atoms. The molecule has 0 aromatic heterocycles. The summed E-state index contributed by atoms with van der Waals surface area (Å²) in [5.74, 6) is -0.105. The lowest BCUT2D eigenvalue weighted by Gasteiger charge is -2.29. The summed E-state index contributed by atoms with van der Waals surface area (Å²) in [5, 5.41) is 3.24. The van der Waals surface area contributed by atoms with Gasteiger partial charge in [-0.1, -0.05) is 24.3 Å². The van der Waals surface area contributed by atoms with Crippen molar-refractivity contribution < 1.29 is 9.59 Å². The SMILES string of the molecule is CN(C)C(=O)CN(C)C(=O)C1Cc2ccccc2CN1. The molecule has 1 aromatic carbocycles. The minimum Gasteiger partial charge on any atom is -0.347 e. The van der Waals surface area contributed by atoms with Gasteiger partial charge in [-0.3, -0.25) is 9.59 Å². The first-order valence-electron chi connectivity index (χ1n) is 6.74. The van der Waals surface area contributed by atoms with Gasteiger partial charge in [0.05, 0.1) is 12.6 Å². The lowest BCUT2D eigenvalue weighted by molar-refractivity contribution is -0.139. The van der Waals surface area contributed by atoms with Crippen molar-refractivity contribution in [2.75, 3.05) is 27.7 Å². The largest absolute Gasteiger partial charge is 0.347 e. The zero-order valence-electron chi connectivity index (χ0n) is 12.2. The van der Waals surface area contributed by atoms with Crippen LogP contribution in [0.1, 0.15) is 11.1 Å². The van der Waals surface area contributed by atoms with E-state index in [0.717, 1.165) is 0 Å². The third kappa shape index (κ3) is 3.17. The quantitative estimate of drug-likeness (QED) is 0.860. The summed E-state index contributed by atoms with van der Waals surface area (Å²) in [4.78, 5) is 27.0. The maximum Gasteiger partial charge on any atom is 0.241 e. The highest BCUT2D eigenvalue weighted by Crippen LogP contribution is 2.17. The van der Waals surface area contributed by atoms with Gasteiger partial charge in [0.2, 0.25) is 11.8 Å². The molecule has 0 radical (unpaired) electrons. The summed E-state index contributed by atoms with van der Waals surface area (Å²) in [6, 6.07) is 7.88. The number of carbonyl (C=O) groups is 2. The monoisotopic (exact) mass is 275 g/mol. The molecule has 0 saturated carbocycles. The lowest BCUT2D eigenvalue weighted by Crippen LogP contribution is -2.50. The van der Waals surface area contributed by atoms with Crippen LogP contribution in [-0.4, -0.2) is 55.3 Å². The van der Waals surface area contributed by atoms with E-state index in [9.17, 15) is 9.59 Å². The van der Waals surface area contributed by atoms with E-state index in [-0.39, 0.29) is 24.4 Å². The van der Waals surface area contributed by atoms with E-state index in [2.05, 4.69) is 17.4 Å². The normalized spacial score (nSPS) is 17.2. The van der Waals surface area contributed by atoms with Gasteiger partial charge in [-0.15, -0.1) is 0 Å². The number of benzene rings is 1. The molecule has 5 heteroatoms. The first-order chi connectivity index (χ1) is 9.49. The summed E-state index contributed by atoms with van der Waals surface area (Å²) in [6.45, 7) is 0.813. The van der Waals surface area contributed by atoms with Crippen LogP contribution in [0.3, 0.4) is 0 Å². The van der Waals surface area contributed by atoms with Crippen molar-refractivity contribution in [2.24, 2.45) is 0 Å². The van der Waals surface area contributed by atoms with Crippen molar-refractivity contribution in [3.63, 3.8) is 0 Å². The van der Waals surface area contributed by atoms with Crippen molar-refractivity contribution >= 4 is 11.8 Å². The minimum atomic E-state index is -0.245. The molecule has 0 saturated heterocycles. The number of carbonyl (C=O) groups excluding carboxylic acids is 2. The summed E-state index contributed by atoms with van der Waals surface area (Å²) in [6.07, 6.45) is 0.676. The standard InChI is InChI=1S/C15H21N3O2/c1-17(2)14(19)10-18(3)15(20)13-8-11-6-4-5-7-12(11)9-16-13/h4-7,13,16H,8-10H2,1-3H3. The van der Waals surface area contributed by atoms with Crippen LogP contribution in [0, 0.1) is 0 Å². The van der Waals surface area contributed by atoms with E-state index in [1.54, 1.807) is 21.1 Å². The summed E-state index contributed by atoms with van der Waals surface area (Å²) in [7, 11) is 5.05. The van der Waals surface area contributed by atoms with E-state index < -0.39 is 0 Å². The Kier molecular flexibility index (Phi) is 4.39. The molecule has 1 aliphatic rings. The van der Waals surface area contributed by atoms with Crippen molar-refractivity contribution in [1.29, 1.82) is 0 Å². The summed E-state index contributed by atoms with van der Waals surface area (Å²) in [5.41, 5.74) is 2.44. The first kappa shape index (κ1) is 14.5. The molecular formula is C15H21N3O2. The fraction of sp³-hybridized carbons (Fsp3) is 0.467. The molecule has 20 heavy (non-hydrogen) atoms. The second-order valence-electron chi connectivity index (χ2n) is 5.39. The molecule has 0 bridgehead atoms. The molecule has 1 unspecified atom stereocenters. The molecule has 0 fully saturated rings. The predicted octanol–water partition coefficient (Wildman–Crippen LogP) is 0.248. The number of fused-ring (bicyclic) bond motifs is 1. The number of nitrogens with one attached hydrogen (secondary N) is 1. The van der Waals surface area contributed by atoms with E-state index in [1.165, 1.54) is 20.9 Å². The predicted molar refractivity (Wildman–Crippen MR) is 77.1 cm³/mol. The van der Waals surface area contributed by atoms with Gasteiger partial charge in [0.25, 0.3) is 0 Å². The zero-order valence-corrected chi connectivity index (χ0v) is 12.2. The Bertz CT molecular complexity index is 514. The van der Waals surface area contributed by atoms with Crippen LogP contribution in [0.15, 0.2) is 24.3 Å². The Morgan fingerprint density at radius 2 is 1.85 bits per heavy atom. The third-order valence-corrected chi connectivity index (χ3v) is 3.63. The lowest BCUT2D eigenvalue weighted by atomic mass is 9.95. The average Bonchev–Trinajstić information content (AvgIpc) is 2.45. The number of nitrogens with zero attached hydrogens (tertiary/aromatic N) is 2. The third-order valence-electron chi connectivity index (χ3n) is 3.63. The van der Waals surface area contributed by atoms with Gasteiger partial charge >= 0.3 is 0 Å². The van der Waals surface area contributed by atoms with Gasteiger partial charge in [-0.2, -0.15) is 0 Å². The van der Waals surface area contributed by atoms with Gasteiger partial charge < -0.3 is 15.1 Å². The topological polar surface area (TPSA) is 52.7 Å². The molecule has 2 amide bonds. The molecule has 5 nitrogen and oxygen atoms in total. The van der Waals surface area contributed by atoms with Crippen molar-refractivity contribution in [3.8, 4) is 0 Å². The number of rotatable bonds is 3. The fourth-order valence-electron chi connectivity index (χ4n) is 2.32. The Labute approximate surface area is 119 Å². The van der Waals surface area contributed by atoms with Crippen LogP contribution in [0.2, 0.25) is 0 Å². The van der Waals surface area contributed by atoms with Crippen LogP contribution in [-0.2, 0) is 22.6 Å².